The molecule has 0 saturated carbocycles. The first kappa shape index (κ1) is 35.9. The average molecular weight is 748 g/mol. The monoisotopic (exact) mass is 747 g/mol. The third-order valence-corrected chi connectivity index (χ3v) is 9.41. The summed E-state index contributed by atoms with van der Waals surface area (Å²) in [6.45, 7) is 4.53. The Bertz CT molecular complexity index is 2020. The van der Waals surface area contributed by atoms with Crippen LogP contribution in [0, 0.1) is 10.1 Å². The number of ether oxygens (including phenoxy) is 6. The molecule has 4 heterocycles. The number of imide groups is 1. The van der Waals surface area contributed by atoms with E-state index >= 15 is 0 Å². The highest BCUT2D eigenvalue weighted by molar-refractivity contribution is 6.03. The zero-order valence-corrected chi connectivity index (χ0v) is 29.8. The van der Waals surface area contributed by atoms with Crippen LogP contribution in [-0.4, -0.2) is 87.5 Å². The van der Waals surface area contributed by atoms with Crippen LogP contribution in [0.15, 0.2) is 36.4 Å². The molecule has 0 atom stereocenters. The van der Waals surface area contributed by atoms with Crippen molar-refractivity contribution in [2.24, 2.45) is 0 Å². The van der Waals surface area contributed by atoms with Gasteiger partial charge >= 0.3 is 12.1 Å². The van der Waals surface area contributed by atoms with Crippen molar-refractivity contribution in [3.63, 3.8) is 0 Å². The fourth-order valence-electron chi connectivity index (χ4n) is 6.71. The summed E-state index contributed by atoms with van der Waals surface area (Å²) in [5, 5.41) is 12.5. The van der Waals surface area contributed by atoms with Gasteiger partial charge in [-0.15, -0.1) is 5.06 Å². The summed E-state index contributed by atoms with van der Waals surface area (Å²) in [6, 6.07) is 9.48. The predicted molar refractivity (Wildman–Crippen MR) is 189 cm³/mol. The quantitative estimate of drug-likeness (QED) is 0.145. The fraction of sp³-hybridized carbons (Fsp3) is 0.389. The molecular formula is C36H37N5O13. The Balaban J connectivity index is 1.18. The number of likely N-dealkylation sites (N-methyl/N-ethyl adjacent to an activating group) is 1. The summed E-state index contributed by atoms with van der Waals surface area (Å²) in [6.07, 6.45) is -0.534. The highest BCUT2D eigenvalue weighted by Gasteiger charge is 2.37. The van der Waals surface area contributed by atoms with Gasteiger partial charge in [0, 0.05) is 56.6 Å². The third kappa shape index (κ3) is 6.77. The number of hydrogen-bond donors (Lipinski definition) is 0. The summed E-state index contributed by atoms with van der Waals surface area (Å²) in [5.41, 5.74) is 1.81. The number of carbonyl (C=O) groups excluding carboxylic acids is 4. The molecule has 1 fully saturated rings. The number of anilines is 4. The first-order valence-corrected chi connectivity index (χ1v) is 17.3. The van der Waals surface area contributed by atoms with Gasteiger partial charge in [0.05, 0.1) is 66.6 Å². The van der Waals surface area contributed by atoms with Crippen LogP contribution in [0.2, 0.25) is 0 Å². The summed E-state index contributed by atoms with van der Waals surface area (Å²) in [7, 11) is 2.75. The number of hydrogen-bond acceptors (Lipinski definition) is 15. The molecule has 4 aliphatic heterocycles. The van der Waals surface area contributed by atoms with Gasteiger partial charge in [-0.1, -0.05) is 0 Å². The lowest BCUT2D eigenvalue weighted by Gasteiger charge is -2.37. The van der Waals surface area contributed by atoms with Crippen LogP contribution >= 0.6 is 0 Å². The Hall–Kier alpha value is -6.46. The number of nitro benzene ring substituents is 1. The largest absolute Gasteiger partial charge is 0.493 e. The molecule has 4 aliphatic rings. The van der Waals surface area contributed by atoms with Crippen molar-refractivity contribution in [3.8, 4) is 34.5 Å². The molecule has 284 valence electrons. The number of fused-ring (bicyclic) bond motifs is 4. The Morgan fingerprint density at radius 3 is 1.98 bits per heavy atom. The second kappa shape index (κ2) is 14.9. The molecule has 0 bridgehead atoms. The summed E-state index contributed by atoms with van der Waals surface area (Å²) in [5.74, 6) is 0.209. The van der Waals surface area contributed by atoms with Gasteiger partial charge in [-0.3, -0.25) is 19.7 Å². The molecule has 18 heteroatoms. The molecular weight excluding hydrogens is 710 g/mol. The number of methoxy groups -OCH3 is 2. The Labute approximate surface area is 308 Å². The van der Waals surface area contributed by atoms with Crippen molar-refractivity contribution in [2.45, 2.75) is 39.2 Å². The zero-order valence-electron chi connectivity index (χ0n) is 29.8. The van der Waals surface area contributed by atoms with Crippen LogP contribution in [-0.2, 0) is 30.6 Å². The van der Waals surface area contributed by atoms with Crippen LogP contribution in [0.4, 0.5) is 33.2 Å². The van der Waals surface area contributed by atoms with E-state index in [9.17, 15) is 29.3 Å². The maximum atomic E-state index is 14.2. The maximum Gasteiger partial charge on any atom is 0.419 e. The van der Waals surface area contributed by atoms with Crippen molar-refractivity contribution in [3.05, 3.63) is 52.1 Å². The van der Waals surface area contributed by atoms with Crippen LogP contribution in [0.25, 0.3) is 0 Å². The number of amides is 3. The van der Waals surface area contributed by atoms with E-state index in [2.05, 4.69) is 4.90 Å². The Morgan fingerprint density at radius 2 is 1.39 bits per heavy atom. The highest BCUT2D eigenvalue weighted by atomic mass is 16.7. The minimum atomic E-state index is -0.853. The van der Waals surface area contributed by atoms with Gasteiger partial charge in [-0.25, -0.2) is 14.5 Å². The number of nitro groups is 1. The molecule has 0 spiro atoms. The van der Waals surface area contributed by atoms with Gasteiger partial charge < -0.3 is 43.1 Å². The third-order valence-electron chi connectivity index (χ3n) is 9.41. The van der Waals surface area contributed by atoms with Gasteiger partial charge in [-0.2, -0.15) is 0 Å². The topological polar surface area (TPSA) is 189 Å². The zero-order chi connectivity index (χ0) is 38.1. The molecule has 3 aromatic rings. The van der Waals surface area contributed by atoms with Crippen molar-refractivity contribution >= 4 is 52.3 Å². The van der Waals surface area contributed by atoms with Gasteiger partial charge in [0.15, 0.2) is 23.0 Å². The number of benzene rings is 3. The van der Waals surface area contributed by atoms with Crippen LogP contribution < -0.4 is 38.4 Å². The molecule has 54 heavy (non-hydrogen) atoms. The Morgan fingerprint density at radius 1 is 0.815 bits per heavy atom. The average Bonchev–Trinajstić information content (AvgIpc) is 3.48. The van der Waals surface area contributed by atoms with Gasteiger partial charge in [0.1, 0.15) is 31.3 Å². The van der Waals surface area contributed by atoms with E-state index in [1.54, 1.807) is 24.3 Å². The lowest BCUT2D eigenvalue weighted by Crippen LogP contribution is -2.35. The minimum Gasteiger partial charge on any atom is -0.493 e. The summed E-state index contributed by atoms with van der Waals surface area (Å²) < 4.78 is 34.8. The first-order chi connectivity index (χ1) is 26.1. The van der Waals surface area contributed by atoms with E-state index in [0.29, 0.717) is 90.9 Å². The second-order valence-electron chi connectivity index (χ2n) is 12.6. The van der Waals surface area contributed by atoms with Crippen molar-refractivity contribution in [1.29, 1.82) is 0 Å². The van der Waals surface area contributed by atoms with Crippen LogP contribution in [0.5, 0.6) is 34.5 Å². The van der Waals surface area contributed by atoms with E-state index in [1.807, 2.05) is 11.8 Å². The standard InChI is InChI=1S/C36H37N5O13/c1-4-37-10-12-50-27-18-25-29(16-23(27)37)53-30-17-24-28(51-13-11-38(24)9-5-6-35(44)54-40-33(42)7-8-34(40)43)19-26(30)39(25)36(45)52-20-21-14-31(48-2)32(49-3)15-22(21)41(46)47/h14-19H,4-13,20H2,1-3H3. The number of hydroxylamine groups is 2. The lowest BCUT2D eigenvalue weighted by atomic mass is 10.1. The predicted octanol–water partition coefficient (Wildman–Crippen LogP) is 5.00. The van der Waals surface area contributed by atoms with Crippen molar-refractivity contribution in [2.75, 3.05) is 68.3 Å². The summed E-state index contributed by atoms with van der Waals surface area (Å²) in [4.78, 5) is 72.1. The van der Waals surface area contributed by atoms with Crippen molar-refractivity contribution in [1.82, 2.24) is 5.06 Å². The lowest BCUT2D eigenvalue weighted by molar-refractivity contribution is -0.385. The van der Waals surface area contributed by atoms with Crippen LogP contribution in [0.1, 0.15) is 38.2 Å². The molecule has 0 aromatic heterocycles. The number of nitrogens with zero attached hydrogens (tertiary/aromatic N) is 5. The molecule has 0 aliphatic carbocycles. The molecule has 3 amide bonds. The second-order valence-corrected chi connectivity index (χ2v) is 12.6. The molecule has 0 radical (unpaired) electrons. The van der Waals surface area contributed by atoms with Gasteiger partial charge in [0.2, 0.25) is 0 Å². The molecule has 0 unspecified atom stereocenters. The van der Waals surface area contributed by atoms with Gasteiger partial charge in [0.25, 0.3) is 17.5 Å². The van der Waals surface area contributed by atoms with E-state index in [-0.39, 0.29) is 42.0 Å². The minimum absolute atomic E-state index is 0.0102. The number of rotatable bonds is 11. The number of carbonyl (C=O) groups is 4. The molecule has 3 aromatic carbocycles. The Kier molecular flexibility index (Phi) is 9.90. The van der Waals surface area contributed by atoms with Crippen LogP contribution in [0.3, 0.4) is 0 Å². The van der Waals surface area contributed by atoms with E-state index in [4.69, 9.17) is 33.3 Å². The normalized spacial score (nSPS) is 15.5. The SMILES string of the molecule is CCN1CCOc2cc3c(cc21)Oc1cc2c(cc1N3C(=O)OCc1cc(OC)c(OC)cc1[N+](=O)[O-])OCCN2CCCC(=O)ON1C(=O)CCC1=O. The van der Waals surface area contributed by atoms with E-state index in [0.717, 1.165) is 5.69 Å². The maximum absolute atomic E-state index is 14.2. The molecule has 1 saturated heterocycles. The highest BCUT2D eigenvalue weighted by Crippen LogP contribution is 2.54. The molecule has 18 nitrogen and oxygen atoms in total. The smallest absolute Gasteiger partial charge is 0.419 e. The summed E-state index contributed by atoms with van der Waals surface area (Å²) >= 11 is 0. The first-order valence-electron chi connectivity index (χ1n) is 17.3. The van der Waals surface area contributed by atoms with Gasteiger partial charge in [-0.05, 0) is 19.4 Å². The fourth-order valence-corrected chi connectivity index (χ4v) is 6.71. The molecule has 0 N–H and O–H groups in total. The van der Waals surface area contributed by atoms with E-state index < -0.39 is 35.4 Å². The van der Waals surface area contributed by atoms with E-state index in [1.165, 1.54) is 31.3 Å². The molecule has 7 rings (SSSR count). The van der Waals surface area contributed by atoms with Crippen molar-refractivity contribution < 1.29 is 57.4 Å².